The quantitative estimate of drug-likeness (QED) is 0.689. The normalized spacial score (nSPS) is 10.4. The average Bonchev–Trinajstić information content (AvgIpc) is 2.72. The number of hydrogen-bond acceptors (Lipinski definition) is 4. The Morgan fingerprint density at radius 3 is 2.76 bits per heavy atom. The zero-order valence-corrected chi connectivity index (χ0v) is 12.4. The topological polar surface area (TPSA) is 90.1 Å². The lowest BCUT2D eigenvalue weighted by Crippen LogP contribution is -2.20. The monoisotopic (exact) mass is 328 g/mol. The van der Waals surface area contributed by atoms with Crippen molar-refractivity contribution in [2.24, 2.45) is 0 Å². The molecule has 9 heteroatoms. The maximum atomic E-state index is 11.9. The van der Waals surface area contributed by atoms with Gasteiger partial charge >= 0.3 is 0 Å². The molecule has 1 heterocycles. The van der Waals surface area contributed by atoms with E-state index in [4.69, 9.17) is 23.2 Å². The zero-order chi connectivity index (χ0) is 15.6. The molecule has 0 unspecified atom stereocenters. The minimum absolute atomic E-state index is 0.0744. The molecule has 1 aromatic heterocycles. The van der Waals surface area contributed by atoms with E-state index in [9.17, 15) is 14.9 Å². The first-order valence-electron chi connectivity index (χ1n) is 5.80. The molecule has 0 spiro atoms. The van der Waals surface area contributed by atoms with Crippen LogP contribution in [-0.4, -0.2) is 20.6 Å². The Morgan fingerprint density at radius 1 is 1.48 bits per heavy atom. The van der Waals surface area contributed by atoms with Crippen LogP contribution in [0.1, 0.15) is 5.69 Å². The lowest BCUT2D eigenvalue weighted by atomic mass is 10.2. The molecular weight excluding hydrogens is 319 g/mol. The van der Waals surface area contributed by atoms with Gasteiger partial charge in [-0.25, -0.2) is 0 Å². The van der Waals surface area contributed by atoms with Crippen molar-refractivity contribution in [2.75, 3.05) is 5.32 Å². The van der Waals surface area contributed by atoms with Gasteiger partial charge in [0.2, 0.25) is 5.91 Å². The lowest BCUT2D eigenvalue weighted by Gasteiger charge is -2.07. The first-order chi connectivity index (χ1) is 9.88. The Kier molecular flexibility index (Phi) is 4.44. The third-order valence-corrected chi connectivity index (χ3v) is 3.37. The van der Waals surface area contributed by atoms with Crippen LogP contribution >= 0.6 is 23.2 Å². The number of aromatic nitrogens is 2. The molecule has 1 aromatic carbocycles. The van der Waals surface area contributed by atoms with Crippen molar-refractivity contribution in [3.05, 3.63) is 50.2 Å². The molecule has 0 aliphatic carbocycles. The molecule has 0 aliphatic rings. The predicted molar refractivity (Wildman–Crippen MR) is 78.7 cm³/mol. The van der Waals surface area contributed by atoms with Crippen molar-refractivity contribution in [1.82, 2.24) is 9.78 Å². The highest BCUT2D eigenvalue weighted by Crippen LogP contribution is 2.27. The molecule has 2 rings (SSSR count). The lowest BCUT2D eigenvalue weighted by molar-refractivity contribution is -0.383. The highest BCUT2D eigenvalue weighted by atomic mass is 35.5. The van der Waals surface area contributed by atoms with Gasteiger partial charge < -0.3 is 5.32 Å². The van der Waals surface area contributed by atoms with Gasteiger partial charge in [-0.05, 0) is 19.1 Å². The molecule has 0 fully saturated rings. The molecule has 0 saturated carbocycles. The van der Waals surface area contributed by atoms with Crippen LogP contribution in [0.5, 0.6) is 0 Å². The fourth-order valence-corrected chi connectivity index (χ4v) is 1.98. The molecule has 2 aromatic rings. The first kappa shape index (κ1) is 15.3. The summed E-state index contributed by atoms with van der Waals surface area (Å²) < 4.78 is 1.40. The molecule has 1 amide bonds. The average molecular weight is 329 g/mol. The fraction of sp³-hybridized carbons (Fsp3) is 0.167. The van der Waals surface area contributed by atoms with E-state index in [2.05, 4.69) is 10.4 Å². The van der Waals surface area contributed by atoms with Crippen LogP contribution in [-0.2, 0) is 11.3 Å². The number of carbonyl (C=O) groups is 1. The predicted octanol–water partition coefficient (Wildman–Crippen LogP) is 3.05. The number of carbonyl (C=O) groups excluding carboxylic acids is 1. The van der Waals surface area contributed by atoms with Crippen molar-refractivity contribution in [3.8, 4) is 0 Å². The largest absolute Gasteiger partial charge is 0.319 e. The smallest absolute Gasteiger partial charge is 0.294 e. The third-order valence-electron chi connectivity index (χ3n) is 2.77. The van der Waals surface area contributed by atoms with Crippen LogP contribution in [0.15, 0.2) is 24.4 Å². The summed E-state index contributed by atoms with van der Waals surface area (Å²) >= 11 is 11.5. The molecule has 110 valence electrons. The SMILES string of the molecule is Cc1c(Cl)cnn1CC(=O)Nc1ccc(Cl)cc1[N+](=O)[O-]. The molecule has 0 radical (unpaired) electrons. The van der Waals surface area contributed by atoms with Crippen LogP contribution in [0.25, 0.3) is 0 Å². The number of nitrogens with one attached hydrogen (secondary N) is 1. The molecule has 7 nitrogen and oxygen atoms in total. The molecule has 1 N–H and O–H groups in total. The fourth-order valence-electron chi connectivity index (χ4n) is 1.67. The molecule has 21 heavy (non-hydrogen) atoms. The van der Waals surface area contributed by atoms with Gasteiger partial charge in [-0.15, -0.1) is 0 Å². The Bertz CT molecular complexity index is 715. The second-order valence-corrected chi connectivity index (χ2v) is 5.05. The number of halogens is 2. The van der Waals surface area contributed by atoms with Gasteiger partial charge in [0.25, 0.3) is 5.69 Å². The summed E-state index contributed by atoms with van der Waals surface area (Å²) in [5.74, 6) is -0.455. The Morgan fingerprint density at radius 2 is 2.19 bits per heavy atom. The van der Waals surface area contributed by atoms with Crippen LogP contribution in [0.3, 0.4) is 0 Å². The number of rotatable bonds is 4. The molecule has 0 aliphatic heterocycles. The standard InChI is InChI=1S/C12H10Cl2N4O3/c1-7-9(14)5-15-17(7)6-12(19)16-10-3-2-8(13)4-11(10)18(20)21/h2-5H,6H2,1H3,(H,16,19). The second kappa shape index (κ2) is 6.11. The number of benzene rings is 1. The summed E-state index contributed by atoms with van der Waals surface area (Å²) in [4.78, 5) is 22.3. The third kappa shape index (κ3) is 3.50. The molecule has 0 atom stereocenters. The van der Waals surface area contributed by atoms with E-state index in [1.54, 1.807) is 6.92 Å². The van der Waals surface area contributed by atoms with Crippen molar-refractivity contribution < 1.29 is 9.72 Å². The van der Waals surface area contributed by atoms with E-state index < -0.39 is 10.8 Å². The van der Waals surface area contributed by atoms with Gasteiger partial charge in [0.1, 0.15) is 12.2 Å². The van der Waals surface area contributed by atoms with Gasteiger partial charge in [-0.1, -0.05) is 23.2 Å². The summed E-state index contributed by atoms with van der Waals surface area (Å²) in [6.07, 6.45) is 1.43. The van der Waals surface area contributed by atoms with Crippen molar-refractivity contribution in [3.63, 3.8) is 0 Å². The molecule has 0 saturated heterocycles. The van der Waals surface area contributed by atoms with Crippen LogP contribution < -0.4 is 5.32 Å². The number of hydrogen-bond donors (Lipinski definition) is 1. The number of anilines is 1. The van der Waals surface area contributed by atoms with Crippen LogP contribution in [0.2, 0.25) is 10.0 Å². The minimum Gasteiger partial charge on any atom is -0.319 e. The first-order valence-corrected chi connectivity index (χ1v) is 6.56. The van der Waals surface area contributed by atoms with E-state index in [1.807, 2.05) is 0 Å². The molecular formula is C12H10Cl2N4O3. The summed E-state index contributed by atoms with van der Waals surface area (Å²) in [5.41, 5.74) is 0.439. The Labute approximate surface area is 129 Å². The highest BCUT2D eigenvalue weighted by Gasteiger charge is 2.17. The maximum Gasteiger partial charge on any atom is 0.294 e. The van der Waals surface area contributed by atoms with E-state index in [1.165, 1.54) is 29.1 Å². The minimum atomic E-state index is -0.614. The van der Waals surface area contributed by atoms with E-state index in [0.29, 0.717) is 10.7 Å². The number of nitro groups is 1. The summed E-state index contributed by atoms with van der Waals surface area (Å²) in [7, 11) is 0. The number of amides is 1. The van der Waals surface area contributed by atoms with Gasteiger partial charge in [-0.2, -0.15) is 5.10 Å². The second-order valence-electron chi connectivity index (χ2n) is 4.20. The maximum absolute atomic E-state index is 11.9. The summed E-state index contributed by atoms with van der Waals surface area (Å²) in [6.45, 7) is 1.62. The molecule has 0 bridgehead atoms. The van der Waals surface area contributed by atoms with Gasteiger partial charge in [0, 0.05) is 11.1 Å². The Balaban J connectivity index is 2.17. The summed E-state index contributed by atoms with van der Waals surface area (Å²) in [6, 6.07) is 4.01. The van der Waals surface area contributed by atoms with E-state index in [0.717, 1.165) is 0 Å². The van der Waals surface area contributed by atoms with Crippen molar-refractivity contribution in [1.29, 1.82) is 0 Å². The highest BCUT2D eigenvalue weighted by molar-refractivity contribution is 6.31. The van der Waals surface area contributed by atoms with Gasteiger partial charge in [-0.3, -0.25) is 19.6 Å². The van der Waals surface area contributed by atoms with Crippen molar-refractivity contribution in [2.45, 2.75) is 13.5 Å². The number of nitro benzene ring substituents is 1. The van der Waals surface area contributed by atoms with E-state index >= 15 is 0 Å². The Hall–Kier alpha value is -2.12. The van der Waals surface area contributed by atoms with E-state index in [-0.39, 0.29) is 22.9 Å². The zero-order valence-electron chi connectivity index (χ0n) is 10.8. The van der Waals surface area contributed by atoms with Crippen LogP contribution in [0, 0.1) is 17.0 Å². The van der Waals surface area contributed by atoms with Gasteiger partial charge in [0.05, 0.1) is 21.8 Å². The van der Waals surface area contributed by atoms with Crippen molar-refractivity contribution >= 4 is 40.5 Å². The number of nitrogens with zero attached hydrogens (tertiary/aromatic N) is 3. The van der Waals surface area contributed by atoms with Crippen LogP contribution in [0.4, 0.5) is 11.4 Å². The summed E-state index contributed by atoms with van der Waals surface area (Å²) in [5, 5.41) is 18.0. The van der Waals surface area contributed by atoms with Gasteiger partial charge in [0.15, 0.2) is 0 Å².